The minimum atomic E-state index is -0.234. The number of halogens is 1. The molecule has 1 aromatic rings. The van der Waals surface area contributed by atoms with E-state index in [2.05, 4.69) is 56.4 Å². The first-order valence-corrected chi connectivity index (χ1v) is 6.99. The molecule has 94 valence electrons. The summed E-state index contributed by atoms with van der Waals surface area (Å²) in [6, 6.07) is 8.10. The maximum atomic E-state index is 6.12. The van der Waals surface area contributed by atoms with Gasteiger partial charge in [0.25, 0.3) is 0 Å². The van der Waals surface area contributed by atoms with Gasteiger partial charge in [-0.1, -0.05) is 12.1 Å². The Morgan fingerprint density at radius 2 is 1.88 bits per heavy atom. The van der Waals surface area contributed by atoms with Gasteiger partial charge in [-0.3, -0.25) is 0 Å². The third-order valence-corrected chi connectivity index (χ3v) is 3.99. The molecule has 3 heteroatoms. The van der Waals surface area contributed by atoms with Crippen LogP contribution in [0.1, 0.15) is 34.1 Å². The molecule has 2 nitrogen and oxygen atoms in total. The summed E-state index contributed by atoms with van der Waals surface area (Å²) in [5.41, 5.74) is -0.337. The van der Waals surface area contributed by atoms with Gasteiger partial charge in [0.05, 0.1) is 9.17 Å². The molecule has 1 aromatic carbocycles. The van der Waals surface area contributed by atoms with Crippen LogP contribution in [-0.4, -0.2) is 17.3 Å². The van der Waals surface area contributed by atoms with Crippen LogP contribution in [-0.2, 0) is 4.74 Å². The number of hydrogen-bond acceptors (Lipinski definition) is 2. The lowest BCUT2D eigenvalue weighted by molar-refractivity contribution is -0.0846. The molecule has 0 amide bonds. The van der Waals surface area contributed by atoms with Crippen molar-refractivity contribution in [2.24, 2.45) is 0 Å². The van der Waals surface area contributed by atoms with Gasteiger partial charge in [0, 0.05) is 6.42 Å². The Labute approximate surface area is 117 Å². The van der Waals surface area contributed by atoms with Gasteiger partial charge in [-0.15, -0.1) is 0 Å². The van der Waals surface area contributed by atoms with Gasteiger partial charge in [0.2, 0.25) is 0 Å². The van der Waals surface area contributed by atoms with Crippen LogP contribution >= 0.6 is 22.6 Å². The molecule has 1 atom stereocenters. The summed E-state index contributed by atoms with van der Waals surface area (Å²) in [5.74, 6) is 0.951. The molecule has 0 radical (unpaired) electrons. The third kappa shape index (κ3) is 2.94. The largest absolute Gasteiger partial charge is 0.486 e. The van der Waals surface area contributed by atoms with Crippen molar-refractivity contribution < 1.29 is 9.47 Å². The maximum Gasteiger partial charge on any atom is 0.133 e. The Morgan fingerprint density at radius 3 is 2.41 bits per heavy atom. The van der Waals surface area contributed by atoms with Crippen molar-refractivity contribution in [1.82, 2.24) is 0 Å². The quantitative estimate of drug-likeness (QED) is 0.754. The molecule has 2 rings (SSSR count). The Hall–Kier alpha value is -0.290. The molecule has 0 N–H and O–H groups in total. The first-order valence-electron chi connectivity index (χ1n) is 5.91. The second kappa shape index (κ2) is 4.43. The van der Waals surface area contributed by atoms with Crippen molar-refractivity contribution in [1.29, 1.82) is 0 Å². The van der Waals surface area contributed by atoms with Crippen LogP contribution in [0.5, 0.6) is 5.75 Å². The Balaban J connectivity index is 2.17. The van der Waals surface area contributed by atoms with Crippen molar-refractivity contribution >= 4 is 22.6 Å². The predicted octanol–water partition coefficient (Wildman–Crippen LogP) is 4.02. The van der Waals surface area contributed by atoms with Crippen molar-refractivity contribution in [3.05, 3.63) is 27.8 Å². The maximum absolute atomic E-state index is 6.12. The van der Waals surface area contributed by atoms with E-state index < -0.39 is 0 Å². The minimum Gasteiger partial charge on any atom is -0.486 e. The average molecular weight is 346 g/mol. The van der Waals surface area contributed by atoms with Crippen LogP contribution in [0.25, 0.3) is 0 Å². The molecule has 1 aliphatic heterocycles. The van der Waals surface area contributed by atoms with Crippen molar-refractivity contribution in [2.45, 2.75) is 51.4 Å². The van der Waals surface area contributed by atoms with Crippen LogP contribution in [0, 0.1) is 3.57 Å². The molecule has 17 heavy (non-hydrogen) atoms. The lowest BCUT2D eigenvalue weighted by Crippen LogP contribution is -2.36. The highest BCUT2D eigenvalue weighted by Crippen LogP contribution is 2.40. The molecule has 0 bridgehead atoms. The van der Waals surface area contributed by atoms with E-state index in [0.29, 0.717) is 0 Å². The number of hydrogen-bond donors (Lipinski definition) is 0. The number of ether oxygens (including phenoxy) is 2. The summed E-state index contributed by atoms with van der Waals surface area (Å²) >= 11 is 2.30. The molecular weight excluding hydrogens is 327 g/mol. The van der Waals surface area contributed by atoms with Crippen LogP contribution in [0.15, 0.2) is 24.3 Å². The second-order valence-corrected chi connectivity index (χ2v) is 6.87. The van der Waals surface area contributed by atoms with Gasteiger partial charge < -0.3 is 9.47 Å². The Kier molecular flexibility index (Phi) is 3.42. The van der Waals surface area contributed by atoms with Crippen LogP contribution < -0.4 is 4.74 Å². The Bertz CT molecular complexity index is 412. The molecule has 0 saturated carbocycles. The van der Waals surface area contributed by atoms with Gasteiger partial charge in [0.15, 0.2) is 0 Å². The standard InChI is InChI=1S/C14H19IO2/c1-13(2)9-12(14(3,4)17-13)16-11-8-6-5-7-10(11)15/h5-8,12H,9H2,1-4H3. The van der Waals surface area contributed by atoms with Gasteiger partial charge in [-0.25, -0.2) is 0 Å². The zero-order valence-corrected chi connectivity index (χ0v) is 12.9. The highest BCUT2D eigenvalue weighted by atomic mass is 127. The fraction of sp³-hybridized carbons (Fsp3) is 0.571. The number of para-hydroxylation sites is 1. The van der Waals surface area contributed by atoms with E-state index >= 15 is 0 Å². The summed E-state index contributed by atoms with van der Waals surface area (Å²) in [6.45, 7) is 8.44. The first-order chi connectivity index (χ1) is 7.80. The van der Waals surface area contributed by atoms with E-state index in [9.17, 15) is 0 Å². The van der Waals surface area contributed by atoms with E-state index in [0.717, 1.165) is 15.7 Å². The molecule has 1 saturated heterocycles. The van der Waals surface area contributed by atoms with E-state index in [1.807, 2.05) is 18.2 Å². The summed E-state index contributed by atoms with van der Waals surface area (Å²) in [5, 5.41) is 0. The monoisotopic (exact) mass is 346 g/mol. The van der Waals surface area contributed by atoms with Crippen LogP contribution in [0.3, 0.4) is 0 Å². The summed E-state index contributed by atoms with van der Waals surface area (Å²) in [6.07, 6.45) is 1.03. The minimum absolute atomic E-state index is 0.103. The molecule has 1 unspecified atom stereocenters. The van der Waals surface area contributed by atoms with E-state index in [4.69, 9.17) is 9.47 Å². The number of rotatable bonds is 2. The second-order valence-electron chi connectivity index (χ2n) is 5.71. The average Bonchev–Trinajstić information content (AvgIpc) is 2.38. The summed E-state index contributed by atoms with van der Waals surface area (Å²) in [7, 11) is 0. The Morgan fingerprint density at radius 1 is 1.24 bits per heavy atom. The third-order valence-electron chi connectivity index (χ3n) is 3.10. The predicted molar refractivity (Wildman–Crippen MR) is 77.4 cm³/mol. The number of benzene rings is 1. The zero-order valence-electron chi connectivity index (χ0n) is 10.8. The molecule has 0 spiro atoms. The van der Waals surface area contributed by atoms with Crippen LogP contribution in [0.2, 0.25) is 0 Å². The van der Waals surface area contributed by atoms with Gasteiger partial charge >= 0.3 is 0 Å². The highest BCUT2D eigenvalue weighted by molar-refractivity contribution is 14.1. The van der Waals surface area contributed by atoms with Crippen molar-refractivity contribution in [3.8, 4) is 5.75 Å². The molecule has 1 heterocycles. The molecule has 1 aliphatic rings. The normalized spacial score (nSPS) is 25.8. The van der Waals surface area contributed by atoms with E-state index in [-0.39, 0.29) is 17.3 Å². The summed E-state index contributed by atoms with van der Waals surface area (Å²) < 4.78 is 13.3. The fourth-order valence-corrected chi connectivity index (χ4v) is 2.90. The zero-order chi connectivity index (χ0) is 12.7. The van der Waals surface area contributed by atoms with Crippen molar-refractivity contribution in [3.63, 3.8) is 0 Å². The smallest absolute Gasteiger partial charge is 0.133 e. The van der Waals surface area contributed by atoms with Gasteiger partial charge in [-0.05, 0) is 62.4 Å². The van der Waals surface area contributed by atoms with E-state index in [1.165, 1.54) is 0 Å². The topological polar surface area (TPSA) is 18.5 Å². The molecule has 1 fully saturated rings. The van der Waals surface area contributed by atoms with Crippen molar-refractivity contribution in [2.75, 3.05) is 0 Å². The lowest BCUT2D eigenvalue weighted by Gasteiger charge is -2.27. The van der Waals surface area contributed by atoms with Crippen LogP contribution in [0.4, 0.5) is 0 Å². The molecule has 0 aromatic heterocycles. The first kappa shape index (κ1) is 13.1. The molecular formula is C14H19IO2. The van der Waals surface area contributed by atoms with E-state index in [1.54, 1.807) is 0 Å². The van der Waals surface area contributed by atoms with Gasteiger partial charge in [-0.2, -0.15) is 0 Å². The fourth-order valence-electron chi connectivity index (χ4n) is 2.39. The SMILES string of the molecule is CC1(C)CC(Oc2ccccc2I)C(C)(C)O1. The lowest BCUT2D eigenvalue weighted by atomic mass is 9.97. The molecule has 0 aliphatic carbocycles. The highest BCUT2D eigenvalue weighted by Gasteiger charge is 2.47. The van der Waals surface area contributed by atoms with Gasteiger partial charge in [0.1, 0.15) is 17.5 Å². The summed E-state index contributed by atoms with van der Waals surface area (Å²) in [4.78, 5) is 0.